The molecule has 2 rings (SSSR count). The molecule has 0 bridgehead atoms. The van der Waals surface area contributed by atoms with E-state index in [1.807, 2.05) is 0 Å². The Labute approximate surface area is 111 Å². The Hall–Kier alpha value is -1.23. The highest BCUT2D eigenvalue weighted by atomic mass is 19.3. The third kappa shape index (κ3) is 3.41. The maximum absolute atomic E-state index is 13.7. The van der Waals surface area contributed by atoms with Crippen molar-refractivity contribution in [3.8, 4) is 5.75 Å². The van der Waals surface area contributed by atoms with Gasteiger partial charge < -0.3 is 10.1 Å². The fourth-order valence-electron chi connectivity index (χ4n) is 2.54. The average Bonchev–Trinajstić information content (AvgIpc) is 2.39. The van der Waals surface area contributed by atoms with E-state index in [2.05, 4.69) is 5.32 Å². The zero-order chi connectivity index (χ0) is 13.8. The van der Waals surface area contributed by atoms with E-state index in [-0.39, 0.29) is 17.4 Å². The van der Waals surface area contributed by atoms with Gasteiger partial charge in [0.15, 0.2) is 11.6 Å². The SMILES string of the molecule is COc1c(F)cc(C(F)F)cc1CC1CCCCN1. The van der Waals surface area contributed by atoms with Gasteiger partial charge in [-0.3, -0.25) is 0 Å². The Balaban J connectivity index is 2.25. The lowest BCUT2D eigenvalue weighted by molar-refractivity contribution is 0.150. The molecular weight excluding hydrogens is 255 g/mol. The Bertz CT molecular complexity index is 431. The van der Waals surface area contributed by atoms with Crippen molar-refractivity contribution in [1.82, 2.24) is 5.32 Å². The number of nitrogens with one attached hydrogen (secondary N) is 1. The Morgan fingerprint density at radius 3 is 2.74 bits per heavy atom. The molecule has 0 radical (unpaired) electrons. The molecule has 1 aromatic carbocycles. The standard InChI is InChI=1S/C14H18F3NO/c1-19-13-9(7-11-4-2-3-5-18-11)6-10(14(16)17)8-12(13)15/h6,8,11,14,18H,2-5,7H2,1H3. The van der Waals surface area contributed by atoms with Crippen molar-refractivity contribution in [2.24, 2.45) is 0 Å². The molecule has 1 aliphatic heterocycles. The topological polar surface area (TPSA) is 21.3 Å². The van der Waals surface area contributed by atoms with Crippen LogP contribution in [0.25, 0.3) is 0 Å². The molecule has 1 N–H and O–H groups in total. The first kappa shape index (κ1) is 14.2. The molecule has 1 saturated heterocycles. The summed E-state index contributed by atoms with van der Waals surface area (Å²) in [6, 6.07) is 2.40. The van der Waals surface area contributed by atoms with Crippen LogP contribution in [-0.4, -0.2) is 19.7 Å². The van der Waals surface area contributed by atoms with Gasteiger partial charge in [-0.1, -0.05) is 6.42 Å². The molecule has 1 fully saturated rings. The number of hydrogen-bond donors (Lipinski definition) is 1. The molecule has 0 spiro atoms. The van der Waals surface area contributed by atoms with Gasteiger partial charge in [-0.2, -0.15) is 0 Å². The normalized spacial score (nSPS) is 19.7. The third-order valence-electron chi connectivity index (χ3n) is 3.48. The number of hydrogen-bond acceptors (Lipinski definition) is 2. The fourth-order valence-corrected chi connectivity index (χ4v) is 2.54. The van der Waals surface area contributed by atoms with Gasteiger partial charge in [-0.25, -0.2) is 13.2 Å². The van der Waals surface area contributed by atoms with Crippen LogP contribution in [0.5, 0.6) is 5.75 Å². The molecule has 0 aromatic heterocycles. The van der Waals surface area contributed by atoms with Crippen LogP contribution in [-0.2, 0) is 6.42 Å². The molecule has 19 heavy (non-hydrogen) atoms. The predicted octanol–water partition coefficient (Wildman–Crippen LogP) is 3.46. The van der Waals surface area contributed by atoms with E-state index >= 15 is 0 Å². The summed E-state index contributed by atoms with van der Waals surface area (Å²) < 4.78 is 44.2. The summed E-state index contributed by atoms with van der Waals surface area (Å²) in [7, 11) is 1.36. The molecule has 1 aromatic rings. The van der Waals surface area contributed by atoms with Crippen LogP contribution in [0.3, 0.4) is 0 Å². The van der Waals surface area contributed by atoms with Crippen LogP contribution >= 0.6 is 0 Å². The summed E-state index contributed by atoms with van der Waals surface area (Å²) in [6.45, 7) is 0.921. The second-order valence-electron chi connectivity index (χ2n) is 4.85. The van der Waals surface area contributed by atoms with Crippen molar-refractivity contribution in [2.45, 2.75) is 38.2 Å². The number of piperidine rings is 1. The number of rotatable bonds is 4. The molecule has 0 saturated carbocycles. The third-order valence-corrected chi connectivity index (χ3v) is 3.48. The van der Waals surface area contributed by atoms with E-state index in [1.165, 1.54) is 13.2 Å². The highest BCUT2D eigenvalue weighted by Gasteiger charge is 2.20. The number of benzene rings is 1. The second-order valence-corrected chi connectivity index (χ2v) is 4.85. The molecule has 0 amide bonds. The van der Waals surface area contributed by atoms with Gasteiger partial charge in [0.25, 0.3) is 6.43 Å². The molecule has 2 nitrogen and oxygen atoms in total. The number of methoxy groups -OCH3 is 1. The van der Waals surface area contributed by atoms with E-state index in [4.69, 9.17) is 4.74 Å². The maximum Gasteiger partial charge on any atom is 0.263 e. The lowest BCUT2D eigenvalue weighted by Crippen LogP contribution is -2.35. The zero-order valence-corrected chi connectivity index (χ0v) is 10.9. The minimum absolute atomic E-state index is 0.0803. The van der Waals surface area contributed by atoms with Gasteiger partial charge >= 0.3 is 0 Å². The minimum Gasteiger partial charge on any atom is -0.493 e. The first-order chi connectivity index (χ1) is 9.11. The highest BCUT2D eigenvalue weighted by Crippen LogP contribution is 2.30. The Kier molecular flexibility index (Phi) is 4.69. The largest absolute Gasteiger partial charge is 0.493 e. The number of halogens is 3. The summed E-state index contributed by atoms with van der Waals surface area (Å²) in [5, 5.41) is 3.32. The summed E-state index contributed by atoms with van der Waals surface area (Å²) in [5.74, 6) is -0.636. The maximum atomic E-state index is 13.7. The summed E-state index contributed by atoms with van der Waals surface area (Å²) in [6.07, 6.45) is 1.05. The molecule has 5 heteroatoms. The van der Waals surface area contributed by atoms with Gasteiger partial charge in [0.05, 0.1) is 7.11 Å². The molecule has 106 valence electrons. The van der Waals surface area contributed by atoms with E-state index < -0.39 is 12.2 Å². The fraction of sp³-hybridized carbons (Fsp3) is 0.571. The van der Waals surface area contributed by atoms with Gasteiger partial charge in [0.2, 0.25) is 0 Å². The molecular formula is C14H18F3NO. The van der Waals surface area contributed by atoms with Gasteiger partial charge in [-0.15, -0.1) is 0 Å². The first-order valence-electron chi connectivity index (χ1n) is 6.49. The average molecular weight is 273 g/mol. The van der Waals surface area contributed by atoms with Crippen molar-refractivity contribution in [2.75, 3.05) is 13.7 Å². The van der Waals surface area contributed by atoms with Crippen LogP contribution in [0.1, 0.15) is 36.8 Å². The predicted molar refractivity (Wildman–Crippen MR) is 67.3 cm³/mol. The smallest absolute Gasteiger partial charge is 0.263 e. The van der Waals surface area contributed by atoms with Crippen molar-refractivity contribution in [3.05, 3.63) is 29.1 Å². The van der Waals surface area contributed by atoms with E-state index in [9.17, 15) is 13.2 Å². The van der Waals surface area contributed by atoms with E-state index in [0.717, 1.165) is 31.9 Å². The first-order valence-corrected chi connectivity index (χ1v) is 6.49. The zero-order valence-electron chi connectivity index (χ0n) is 10.9. The summed E-state index contributed by atoms with van der Waals surface area (Å²) in [4.78, 5) is 0. The van der Waals surface area contributed by atoms with Crippen molar-refractivity contribution < 1.29 is 17.9 Å². The van der Waals surface area contributed by atoms with Crippen LogP contribution in [0.4, 0.5) is 13.2 Å². The van der Waals surface area contributed by atoms with Gasteiger partial charge in [-0.05, 0) is 43.5 Å². The van der Waals surface area contributed by atoms with Crippen LogP contribution in [0, 0.1) is 5.82 Å². The van der Waals surface area contributed by atoms with E-state index in [1.54, 1.807) is 0 Å². The summed E-state index contributed by atoms with van der Waals surface area (Å²) >= 11 is 0. The van der Waals surface area contributed by atoms with Crippen molar-refractivity contribution in [1.29, 1.82) is 0 Å². The van der Waals surface area contributed by atoms with Crippen LogP contribution < -0.4 is 10.1 Å². The lowest BCUT2D eigenvalue weighted by Gasteiger charge is -2.24. The van der Waals surface area contributed by atoms with Gasteiger partial charge in [0.1, 0.15) is 0 Å². The highest BCUT2D eigenvalue weighted by molar-refractivity contribution is 5.40. The lowest BCUT2D eigenvalue weighted by atomic mass is 9.96. The molecule has 1 unspecified atom stereocenters. The summed E-state index contributed by atoms with van der Waals surface area (Å²) in [5.41, 5.74) is 0.223. The van der Waals surface area contributed by atoms with Gasteiger partial charge in [0, 0.05) is 11.6 Å². The van der Waals surface area contributed by atoms with E-state index in [0.29, 0.717) is 12.0 Å². The Morgan fingerprint density at radius 2 is 2.16 bits per heavy atom. The van der Waals surface area contributed by atoms with Crippen LogP contribution in [0.15, 0.2) is 12.1 Å². The Morgan fingerprint density at radius 1 is 1.37 bits per heavy atom. The molecule has 0 aliphatic carbocycles. The minimum atomic E-state index is -2.67. The second kappa shape index (κ2) is 6.28. The molecule has 1 aliphatic rings. The quantitative estimate of drug-likeness (QED) is 0.907. The molecule has 1 atom stereocenters. The van der Waals surface area contributed by atoms with Crippen LogP contribution in [0.2, 0.25) is 0 Å². The molecule has 1 heterocycles. The van der Waals surface area contributed by atoms with Crippen molar-refractivity contribution in [3.63, 3.8) is 0 Å². The van der Waals surface area contributed by atoms with Crippen molar-refractivity contribution >= 4 is 0 Å². The number of alkyl halides is 2. The number of ether oxygens (including phenoxy) is 1. The monoisotopic (exact) mass is 273 g/mol.